The van der Waals surface area contributed by atoms with Crippen molar-refractivity contribution < 1.29 is 18.6 Å². The lowest BCUT2D eigenvalue weighted by atomic mass is 10.1. The molecule has 2 atom stereocenters. The van der Waals surface area contributed by atoms with Crippen molar-refractivity contribution in [1.82, 2.24) is 14.7 Å². The molecular formula is C22H24Cl2N4O4S. The summed E-state index contributed by atoms with van der Waals surface area (Å²) in [6.45, 7) is 1.42. The zero-order valence-electron chi connectivity index (χ0n) is 17.7. The minimum absolute atomic E-state index is 0.0154. The Balaban J connectivity index is 1.83. The summed E-state index contributed by atoms with van der Waals surface area (Å²) in [7, 11) is -3.93. The molecule has 0 saturated carbocycles. The third-order valence-corrected chi connectivity index (χ3v) is 6.96. The van der Waals surface area contributed by atoms with Gasteiger partial charge in [0.1, 0.15) is 0 Å². The highest BCUT2D eigenvalue weighted by atomic mass is 35.5. The molecule has 0 spiro atoms. The summed E-state index contributed by atoms with van der Waals surface area (Å²) >= 11 is 12.2. The van der Waals surface area contributed by atoms with Gasteiger partial charge in [0.15, 0.2) is 0 Å². The van der Waals surface area contributed by atoms with Crippen molar-refractivity contribution >= 4 is 39.2 Å². The second kappa shape index (κ2) is 11.2. The highest BCUT2D eigenvalue weighted by molar-refractivity contribution is 7.89. The van der Waals surface area contributed by atoms with Gasteiger partial charge in [-0.1, -0.05) is 54.4 Å². The average Bonchev–Trinajstić information content (AvgIpc) is 2.82. The minimum atomic E-state index is -3.93. The lowest BCUT2D eigenvalue weighted by Crippen LogP contribution is -2.30. The van der Waals surface area contributed by atoms with Crippen LogP contribution in [0.15, 0.2) is 59.6 Å². The van der Waals surface area contributed by atoms with Gasteiger partial charge in [0.2, 0.25) is 16.0 Å². The molecule has 0 aliphatic carbocycles. The molecular weight excluding hydrogens is 487 g/mol. The Kier molecular flexibility index (Phi) is 8.63. The van der Waals surface area contributed by atoms with E-state index in [4.69, 9.17) is 23.2 Å². The van der Waals surface area contributed by atoms with Crippen LogP contribution in [0.2, 0.25) is 10.0 Å². The van der Waals surface area contributed by atoms with Gasteiger partial charge < -0.3 is 15.5 Å². The summed E-state index contributed by atoms with van der Waals surface area (Å²) in [5.74, 6) is 0.306. The van der Waals surface area contributed by atoms with Gasteiger partial charge in [-0.25, -0.2) is 23.1 Å². The van der Waals surface area contributed by atoms with E-state index in [0.717, 1.165) is 0 Å². The molecule has 33 heavy (non-hydrogen) atoms. The van der Waals surface area contributed by atoms with Crippen LogP contribution in [-0.2, 0) is 10.0 Å². The first-order valence-corrected chi connectivity index (χ1v) is 12.4. The molecule has 2 aromatic carbocycles. The Hall–Kier alpha value is -2.27. The van der Waals surface area contributed by atoms with E-state index in [2.05, 4.69) is 20.0 Å². The summed E-state index contributed by atoms with van der Waals surface area (Å²) in [4.78, 5) is 8.55. The lowest BCUT2D eigenvalue weighted by Gasteiger charge is -2.17. The van der Waals surface area contributed by atoms with Crippen LogP contribution < -0.4 is 10.0 Å². The maximum atomic E-state index is 12.9. The van der Waals surface area contributed by atoms with Gasteiger partial charge in [-0.15, -0.1) is 0 Å². The Morgan fingerprint density at radius 3 is 2.39 bits per heavy atom. The normalized spacial score (nSPS) is 13.5. The number of rotatable bonds is 10. The predicted octanol–water partition coefficient (Wildman–Crippen LogP) is 3.65. The Bertz CT molecular complexity index is 1190. The number of halogens is 2. The second-order valence-electron chi connectivity index (χ2n) is 7.26. The Labute approximate surface area is 202 Å². The largest absolute Gasteiger partial charge is 0.394 e. The fourth-order valence-electron chi connectivity index (χ4n) is 3.08. The van der Waals surface area contributed by atoms with Gasteiger partial charge in [0, 0.05) is 10.6 Å². The average molecular weight is 511 g/mol. The number of nitrogens with zero attached hydrogens (tertiary/aromatic N) is 2. The van der Waals surface area contributed by atoms with E-state index >= 15 is 0 Å². The molecule has 0 aliphatic rings. The summed E-state index contributed by atoms with van der Waals surface area (Å²) in [6.07, 6.45) is 2.13. The molecule has 3 rings (SSSR count). The number of aliphatic hydroxyl groups excluding tert-OH is 2. The number of anilines is 1. The molecule has 1 aromatic heterocycles. The molecule has 0 radical (unpaired) electrons. The van der Waals surface area contributed by atoms with E-state index in [9.17, 15) is 18.6 Å². The van der Waals surface area contributed by atoms with Crippen LogP contribution in [0.25, 0.3) is 11.3 Å². The van der Waals surface area contributed by atoms with Crippen LogP contribution >= 0.6 is 23.2 Å². The van der Waals surface area contributed by atoms with E-state index in [1.165, 1.54) is 18.3 Å². The second-order valence-corrected chi connectivity index (χ2v) is 9.82. The Morgan fingerprint density at radius 1 is 1.06 bits per heavy atom. The van der Waals surface area contributed by atoms with Gasteiger partial charge in [-0.3, -0.25) is 0 Å². The maximum Gasteiger partial charge on any atom is 0.241 e. The zero-order valence-corrected chi connectivity index (χ0v) is 20.1. The summed E-state index contributed by atoms with van der Waals surface area (Å²) < 4.78 is 28.2. The quantitative estimate of drug-likeness (QED) is 0.328. The molecule has 0 amide bonds. The molecule has 4 N–H and O–H groups in total. The van der Waals surface area contributed by atoms with Crippen LogP contribution in [-0.4, -0.2) is 47.9 Å². The van der Waals surface area contributed by atoms with E-state index in [1.54, 1.807) is 36.4 Å². The summed E-state index contributed by atoms with van der Waals surface area (Å²) in [6, 6.07) is 11.6. The van der Waals surface area contributed by atoms with Crippen LogP contribution in [0.5, 0.6) is 0 Å². The van der Waals surface area contributed by atoms with Gasteiger partial charge in [-0.05, 0) is 36.2 Å². The molecule has 8 nitrogen and oxygen atoms in total. The van der Waals surface area contributed by atoms with Crippen molar-refractivity contribution in [2.24, 2.45) is 0 Å². The molecule has 3 aromatic rings. The van der Waals surface area contributed by atoms with Crippen molar-refractivity contribution in [2.45, 2.75) is 30.3 Å². The molecule has 0 bridgehead atoms. The molecule has 0 unspecified atom stereocenters. The van der Waals surface area contributed by atoms with Crippen molar-refractivity contribution in [3.63, 3.8) is 0 Å². The number of benzene rings is 2. The highest BCUT2D eigenvalue weighted by Gasteiger charge is 2.21. The van der Waals surface area contributed by atoms with Crippen molar-refractivity contribution in [3.8, 4) is 11.3 Å². The summed E-state index contributed by atoms with van der Waals surface area (Å²) in [5, 5.41) is 22.8. The molecule has 0 saturated heterocycles. The molecule has 176 valence electrons. The van der Waals surface area contributed by atoms with E-state index in [0.29, 0.717) is 39.2 Å². The van der Waals surface area contributed by atoms with Gasteiger partial charge in [0.05, 0.1) is 47.1 Å². The number of nitrogens with one attached hydrogen (secondary N) is 2. The SMILES string of the molecule is CC[C@H](CO)Nc1ncc(Cl)c(-c2ccc(S(=O)(=O)N[C@@H](CO)c3cccc(Cl)c3)cc2)n1. The number of aliphatic hydroxyl groups is 2. The van der Waals surface area contributed by atoms with Crippen molar-refractivity contribution in [2.75, 3.05) is 18.5 Å². The van der Waals surface area contributed by atoms with Gasteiger partial charge in [0.25, 0.3) is 0 Å². The lowest BCUT2D eigenvalue weighted by molar-refractivity contribution is 0.259. The van der Waals surface area contributed by atoms with Crippen molar-refractivity contribution in [1.29, 1.82) is 0 Å². The van der Waals surface area contributed by atoms with Crippen LogP contribution in [0.3, 0.4) is 0 Å². The third kappa shape index (κ3) is 6.41. The number of sulfonamides is 1. The minimum Gasteiger partial charge on any atom is -0.394 e. The fourth-order valence-corrected chi connectivity index (χ4v) is 4.69. The number of aromatic nitrogens is 2. The molecule has 0 fully saturated rings. The third-order valence-electron chi connectivity index (χ3n) is 4.96. The monoisotopic (exact) mass is 510 g/mol. The first-order valence-electron chi connectivity index (χ1n) is 10.2. The standard InChI is InChI=1S/C22H24Cl2N4O4S/c1-2-17(12-29)26-22-25-11-19(24)21(27-22)14-6-8-18(9-7-14)33(31,32)28-20(13-30)15-4-3-5-16(23)10-15/h3-11,17,20,28-30H,2,12-13H2,1H3,(H,25,26,27)/t17-,20+/m1/s1. The van der Waals surface area contributed by atoms with Crippen LogP contribution in [0, 0.1) is 0 Å². The summed E-state index contributed by atoms with van der Waals surface area (Å²) in [5.41, 5.74) is 1.56. The Morgan fingerprint density at radius 2 is 1.79 bits per heavy atom. The topological polar surface area (TPSA) is 124 Å². The molecule has 0 aliphatic heterocycles. The maximum absolute atomic E-state index is 12.9. The van der Waals surface area contributed by atoms with Crippen LogP contribution in [0.1, 0.15) is 24.9 Å². The smallest absolute Gasteiger partial charge is 0.241 e. The van der Waals surface area contributed by atoms with Gasteiger partial charge in [-0.2, -0.15) is 0 Å². The zero-order chi connectivity index (χ0) is 24.0. The fraction of sp³-hybridized carbons (Fsp3) is 0.273. The number of hydrogen-bond acceptors (Lipinski definition) is 7. The van der Waals surface area contributed by atoms with Crippen molar-refractivity contribution in [3.05, 3.63) is 70.3 Å². The first kappa shape index (κ1) is 25.4. The van der Waals surface area contributed by atoms with E-state index < -0.39 is 22.7 Å². The van der Waals surface area contributed by atoms with E-state index in [-0.39, 0.29) is 17.5 Å². The van der Waals surface area contributed by atoms with E-state index in [1.807, 2.05) is 6.92 Å². The molecule has 11 heteroatoms. The first-order chi connectivity index (χ1) is 15.8. The number of hydrogen-bond donors (Lipinski definition) is 4. The van der Waals surface area contributed by atoms with Crippen LogP contribution in [0.4, 0.5) is 5.95 Å². The molecule has 1 heterocycles. The van der Waals surface area contributed by atoms with Gasteiger partial charge >= 0.3 is 0 Å². The highest BCUT2D eigenvalue weighted by Crippen LogP contribution is 2.28. The predicted molar refractivity (Wildman–Crippen MR) is 129 cm³/mol.